The normalized spacial score (nSPS) is 6.83. The minimum atomic E-state index is -0.104. The molecular weight excluding hydrogens is 185 g/mol. The van der Waals surface area contributed by atoms with Gasteiger partial charge in [-0.2, -0.15) is 0 Å². The molecule has 0 saturated heterocycles. The first-order valence-corrected chi connectivity index (χ1v) is 2.83. The summed E-state index contributed by atoms with van der Waals surface area (Å²) in [6.07, 6.45) is 1.24. The molecule has 0 aliphatic rings. The third-order valence-electron chi connectivity index (χ3n) is 0.309. The molecule has 2 nitrogen and oxygen atoms in total. The van der Waals surface area contributed by atoms with Crippen LogP contribution in [0.15, 0.2) is 12.7 Å². The monoisotopic (exact) mass is 190 g/mol. The van der Waals surface area contributed by atoms with Crippen molar-refractivity contribution in [1.29, 1.82) is 0 Å². The van der Waals surface area contributed by atoms with Crippen LogP contribution < -0.4 is 3.54 Å². The Morgan fingerprint density at radius 2 is 2.50 bits per heavy atom. The maximum absolute atomic E-state index is 9.97. The van der Waals surface area contributed by atoms with Crippen LogP contribution in [0.4, 0.5) is 0 Å². The van der Waals surface area contributed by atoms with Crippen LogP contribution in [0.1, 0.15) is 0 Å². The second-order valence-corrected chi connectivity index (χ2v) is 1.41. The molecule has 0 fully saturated rings. The molecule has 0 rings (SSSR count). The van der Waals surface area contributed by atoms with E-state index in [1.807, 2.05) is 0 Å². The Hall–Kier alpha value is 0.00870. The van der Waals surface area contributed by atoms with Gasteiger partial charge in [-0.1, -0.05) is 0 Å². The Balaban J connectivity index is 3.23. The number of hydrogen-bond donors (Lipinski definition) is 1. The number of amides is 1. The van der Waals surface area contributed by atoms with Crippen LogP contribution in [0, 0.1) is 0 Å². The molecule has 0 spiro atoms. The predicted octanol–water partition coefficient (Wildman–Crippen LogP) is -0.628. The van der Waals surface area contributed by atoms with Gasteiger partial charge in [0.1, 0.15) is 0 Å². The van der Waals surface area contributed by atoms with Crippen molar-refractivity contribution in [1.82, 2.24) is 3.54 Å². The van der Waals surface area contributed by atoms with Crippen molar-refractivity contribution < 1.29 is 4.79 Å². The van der Waals surface area contributed by atoms with Gasteiger partial charge in [-0.05, 0) is 0 Å². The first-order chi connectivity index (χ1) is 2.81. The van der Waals surface area contributed by atoms with Crippen LogP contribution >= 0.6 is 0 Å². The molecule has 1 amide bonds. The Bertz CT molecular complexity index is 71.2. The molecule has 0 unspecified atom stereocenters. The van der Waals surface area contributed by atoms with Crippen molar-refractivity contribution in [2.75, 3.05) is 0 Å². The Labute approximate surface area is 50.1 Å². The van der Waals surface area contributed by atoms with Crippen molar-refractivity contribution in [3.63, 3.8) is 0 Å². The Kier molecular flexibility index (Phi) is 3.21. The van der Waals surface area contributed by atoms with Crippen molar-refractivity contribution in [2.24, 2.45) is 0 Å². The first-order valence-electron chi connectivity index (χ1n) is 1.40. The third-order valence-corrected chi connectivity index (χ3v) is 1.01. The van der Waals surface area contributed by atoms with E-state index < -0.39 is 0 Å². The van der Waals surface area contributed by atoms with Gasteiger partial charge in [-0.15, -0.1) is 0 Å². The zero-order valence-electron chi connectivity index (χ0n) is 3.19. The molecule has 3 radical (unpaired) electrons. The van der Waals surface area contributed by atoms with E-state index in [9.17, 15) is 4.79 Å². The summed E-state index contributed by atoms with van der Waals surface area (Å²) in [5.41, 5.74) is 0. The predicted molar refractivity (Wildman–Crippen MR) is 24.1 cm³/mol. The van der Waals surface area contributed by atoms with E-state index >= 15 is 0 Å². The molecule has 6 heavy (non-hydrogen) atoms. The van der Waals surface area contributed by atoms with Crippen LogP contribution in [-0.4, -0.2) is 28.7 Å². The second kappa shape index (κ2) is 3.21. The molecule has 3 heteroatoms. The first kappa shape index (κ1) is 6.01. The van der Waals surface area contributed by atoms with Crippen LogP contribution in [0.3, 0.4) is 0 Å². The summed E-state index contributed by atoms with van der Waals surface area (Å²) in [4.78, 5) is 9.97. The van der Waals surface area contributed by atoms with Crippen molar-refractivity contribution in [2.45, 2.75) is 0 Å². The van der Waals surface area contributed by atoms with E-state index in [2.05, 4.69) is 10.1 Å². The number of rotatable bonds is 1. The van der Waals surface area contributed by atoms with Crippen molar-refractivity contribution in [3.05, 3.63) is 12.7 Å². The summed E-state index contributed by atoms with van der Waals surface area (Å²) in [6, 6.07) is 0. The molecule has 0 aliphatic heterocycles. The topological polar surface area (TPSA) is 29.1 Å². The average molecular weight is 189 g/mol. The molecule has 0 aromatic carbocycles. The fraction of sp³-hybridized carbons (Fsp3) is 0. The van der Waals surface area contributed by atoms with Crippen molar-refractivity contribution >= 4 is 28.7 Å². The summed E-state index contributed by atoms with van der Waals surface area (Å²) < 4.78 is 2.45. The molecule has 0 aromatic rings. The quantitative estimate of drug-likeness (QED) is 0.431. The Morgan fingerprint density at radius 1 is 2.00 bits per heavy atom. The van der Waals surface area contributed by atoms with Crippen molar-refractivity contribution in [3.8, 4) is 0 Å². The summed E-state index contributed by atoms with van der Waals surface area (Å²) in [5, 5.41) is 0. The zero-order valence-corrected chi connectivity index (χ0v) is 6.05. The standard InChI is InChI=1S/C3H5NO.Sn/c1-2-3(4)5;/h2H,1H2,(H2,4,5);/q;+1/p-1. The summed E-state index contributed by atoms with van der Waals surface area (Å²) >= 11 is 1.01. The van der Waals surface area contributed by atoms with Gasteiger partial charge in [-0.3, -0.25) is 0 Å². The molecular formula is C3H4NOSn. The second-order valence-electron chi connectivity index (χ2n) is 0.693. The van der Waals surface area contributed by atoms with E-state index in [0.29, 0.717) is 0 Å². The van der Waals surface area contributed by atoms with Gasteiger partial charge >= 0.3 is 49.7 Å². The third kappa shape index (κ3) is 2.26. The van der Waals surface area contributed by atoms with E-state index in [0.717, 1.165) is 22.8 Å². The molecule has 31 valence electrons. The van der Waals surface area contributed by atoms with E-state index in [1.165, 1.54) is 6.08 Å². The molecule has 0 heterocycles. The number of nitrogens with one attached hydrogen (secondary N) is 1. The van der Waals surface area contributed by atoms with Gasteiger partial charge in [0.15, 0.2) is 0 Å². The summed E-state index contributed by atoms with van der Waals surface area (Å²) in [7, 11) is 0. The zero-order chi connectivity index (χ0) is 4.99. The maximum atomic E-state index is 9.97. The van der Waals surface area contributed by atoms with Gasteiger partial charge in [-0.25, -0.2) is 0 Å². The molecule has 0 aromatic heterocycles. The van der Waals surface area contributed by atoms with E-state index in [-0.39, 0.29) is 5.91 Å². The molecule has 0 bridgehead atoms. The summed E-state index contributed by atoms with van der Waals surface area (Å²) in [5.74, 6) is -0.104. The molecule has 1 N–H and O–H groups in total. The van der Waals surface area contributed by atoms with Crippen LogP contribution in [0.25, 0.3) is 0 Å². The van der Waals surface area contributed by atoms with E-state index in [4.69, 9.17) is 0 Å². The van der Waals surface area contributed by atoms with Gasteiger partial charge in [0, 0.05) is 0 Å². The Morgan fingerprint density at radius 3 is 2.50 bits per heavy atom. The molecule has 0 aliphatic carbocycles. The SMILES string of the molecule is C=CC(=O)[NH][Sn]. The fourth-order valence-electron chi connectivity index (χ4n) is 0.0510. The summed E-state index contributed by atoms with van der Waals surface area (Å²) in [6.45, 7) is 3.23. The van der Waals surface area contributed by atoms with Gasteiger partial charge in [0.25, 0.3) is 0 Å². The fourth-order valence-corrected chi connectivity index (χ4v) is 0.342. The number of hydrogen-bond acceptors (Lipinski definition) is 1. The molecule has 0 atom stereocenters. The average Bonchev–Trinajstić information content (AvgIpc) is 1.65. The number of carbonyl (C=O) groups is 1. The van der Waals surface area contributed by atoms with E-state index in [1.54, 1.807) is 0 Å². The van der Waals surface area contributed by atoms with Gasteiger partial charge < -0.3 is 0 Å². The van der Waals surface area contributed by atoms with Crippen LogP contribution in [0.5, 0.6) is 0 Å². The van der Waals surface area contributed by atoms with Crippen LogP contribution in [-0.2, 0) is 4.79 Å². The molecule has 0 saturated carbocycles. The van der Waals surface area contributed by atoms with Gasteiger partial charge in [0.05, 0.1) is 0 Å². The minimum absolute atomic E-state index is 0.104. The number of carbonyl (C=O) groups excluding carboxylic acids is 1. The van der Waals surface area contributed by atoms with Crippen LogP contribution in [0.2, 0.25) is 0 Å². The van der Waals surface area contributed by atoms with Gasteiger partial charge in [0.2, 0.25) is 0 Å².